The molecule has 0 amide bonds. The molecule has 0 unspecified atom stereocenters. The van der Waals surface area contributed by atoms with Crippen molar-refractivity contribution in [3.63, 3.8) is 0 Å². The van der Waals surface area contributed by atoms with E-state index in [-0.39, 0.29) is 0 Å². The second kappa shape index (κ2) is 11.9. The third-order valence-electron chi connectivity index (χ3n) is 9.67. The molecule has 0 aliphatic heterocycles. The average Bonchev–Trinajstić information content (AvgIpc) is 3.77. The molecule has 6 heteroatoms. The van der Waals surface area contributed by atoms with E-state index in [9.17, 15) is 0 Å². The Morgan fingerprint density at radius 2 is 1.08 bits per heavy atom. The first-order chi connectivity index (χ1) is 25.7. The smallest absolute Gasteiger partial charge is 0.187 e. The maximum Gasteiger partial charge on any atom is 0.187 e. The summed E-state index contributed by atoms with van der Waals surface area (Å²) in [7, 11) is 0. The van der Waals surface area contributed by atoms with Crippen LogP contribution in [0.2, 0.25) is 0 Å². The van der Waals surface area contributed by atoms with Gasteiger partial charge in [-0.2, -0.15) is 0 Å². The predicted octanol–water partition coefficient (Wildman–Crippen LogP) is 12.1. The third kappa shape index (κ3) is 4.84. The first kappa shape index (κ1) is 29.5. The van der Waals surface area contributed by atoms with Crippen molar-refractivity contribution in [2.75, 3.05) is 0 Å². The van der Waals surface area contributed by atoms with E-state index >= 15 is 0 Å². The van der Waals surface area contributed by atoms with Gasteiger partial charge < -0.3 is 8.98 Å². The van der Waals surface area contributed by atoms with Gasteiger partial charge in [-0.3, -0.25) is 0 Å². The number of rotatable bonds is 5. The Balaban J connectivity index is 1.12. The summed E-state index contributed by atoms with van der Waals surface area (Å²) in [5, 5.41) is 4.61. The van der Waals surface area contributed by atoms with E-state index in [1.54, 1.807) is 6.07 Å². The summed E-state index contributed by atoms with van der Waals surface area (Å²) >= 11 is 0. The monoisotopic (exact) mass is 665 g/mol. The van der Waals surface area contributed by atoms with Crippen LogP contribution < -0.4 is 0 Å². The standard InChI is InChI=1S/C46H27N5O/c1-47-33-14-9-13-32(27-33)46-49-44(29-11-3-2-4-12-29)48-45(50-46)30-21-24-34(25-22-30)51-39-18-7-5-15-36(39)37-26-23-31(28-40(37)51)35-17-10-20-42-43(35)38-16-6-8-19-41(38)52-42/h2-28H. The fraction of sp³-hybridized carbons (Fsp3) is 0. The first-order valence-corrected chi connectivity index (χ1v) is 17.1. The molecule has 242 valence electrons. The van der Waals surface area contributed by atoms with Crippen LogP contribution in [0.5, 0.6) is 0 Å². The molecule has 0 saturated carbocycles. The molecule has 0 atom stereocenters. The molecule has 0 spiro atoms. The van der Waals surface area contributed by atoms with Gasteiger partial charge in [0.25, 0.3) is 0 Å². The lowest BCUT2D eigenvalue weighted by atomic mass is 9.98. The summed E-state index contributed by atoms with van der Waals surface area (Å²) in [6, 6.07) is 55.5. The van der Waals surface area contributed by atoms with Crippen LogP contribution in [0.25, 0.3) is 99.6 Å². The van der Waals surface area contributed by atoms with Gasteiger partial charge in [-0.15, -0.1) is 0 Å². The van der Waals surface area contributed by atoms with E-state index in [1.165, 1.54) is 10.8 Å². The van der Waals surface area contributed by atoms with Gasteiger partial charge in [-0.05, 0) is 65.7 Å². The molecule has 0 aliphatic carbocycles. The Morgan fingerprint density at radius 1 is 0.462 bits per heavy atom. The van der Waals surface area contributed by atoms with Crippen LogP contribution in [0.1, 0.15) is 0 Å². The van der Waals surface area contributed by atoms with Crippen molar-refractivity contribution in [1.82, 2.24) is 19.5 Å². The summed E-state index contributed by atoms with van der Waals surface area (Å²) in [5.74, 6) is 1.66. The summed E-state index contributed by atoms with van der Waals surface area (Å²) in [6.45, 7) is 7.51. The predicted molar refractivity (Wildman–Crippen MR) is 209 cm³/mol. The van der Waals surface area contributed by atoms with E-state index in [2.05, 4.69) is 100 Å². The molecule has 0 saturated heterocycles. The van der Waals surface area contributed by atoms with E-state index in [0.717, 1.165) is 66.5 Å². The Hall–Kier alpha value is -7.36. The lowest BCUT2D eigenvalue weighted by molar-refractivity contribution is 0.669. The van der Waals surface area contributed by atoms with Crippen LogP contribution in [0.4, 0.5) is 5.69 Å². The van der Waals surface area contributed by atoms with Gasteiger partial charge in [-0.1, -0.05) is 109 Å². The highest BCUT2D eigenvalue weighted by atomic mass is 16.3. The summed E-state index contributed by atoms with van der Waals surface area (Å²) in [5.41, 5.74) is 10.4. The van der Waals surface area contributed by atoms with Crippen molar-refractivity contribution in [2.45, 2.75) is 0 Å². The van der Waals surface area contributed by atoms with Crippen molar-refractivity contribution in [3.8, 4) is 51.0 Å². The zero-order valence-corrected chi connectivity index (χ0v) is 27.7. The lowest BCUT2D eigenvalue weighted by Crippen LogP contribution is -2.00. The molecule has 3 aromatic heterocycles. The van der Waals surface area contributed by atoms with Crippen molar-refractivity contribution >= 4 is 49.4 Å². The van der Waals surface area contributed by atoms with Crippen LogP contribution in [0, 0.1) is 6.57 Å². The first-order valence-electron chi connectivity index (χ1n) is 17.1. The van der Waals surface area contributed by atoms with E-state index in [0.29, 0.717) is 23.2 Å². The van der Waals surface area contributed by atoms with E-state index in [1.807, 2.05) is 66.7 Å². The highest BCUT2D eigenvalue weighted by Gasteiger charge is 2.17. The molecule has 0 N–H and O–H groups in total. The maximum atomic E-state index is 7.51. The lowest BCUT2D eigenvalue weighted by Gasteiger charge is -2.11. The number of benzene rings is 7. The van der Waals surface area contributed by atoms with Crippen LogP contribution in [-0.2, 0) is 0 Å². The Morgan fingerprint density at radius 3 is 1.88 bits per heavy atom. The number of fused-ring (bicyclic) bond motifs is 6. The Labute approximate surface area is 298 Å². The average molecular weight is 666 g/mol. The molecule has 0 fully saturated rings. The molecule has 0 radical (unpaired) electrons. The second-order valence-corrected chi connectivity index (χ2v) is 12.7. The molecular weight excluding hydrogens is 639 g/mol. The third-order valence-corrected chi connectivity index (χ3v) is 9.67. The number of para-hydroxylation sites is 2. The van der Waals surface area contributed by atoms with Crippen molar-refractivity contribution in [2.24, 2.45) is 0 Å². The maximum absolute atomic E-state index is 7.51. The van der Waals surface area contributed by atoms with Crippen molar-refractivity contribution in [1.29, 1.82) is 0 Å². The second-order valence-electron chi connectivity index (χ2n) is 12.7. The van der Waals surface area contributed by atoms with E-state index in [4.69, 9.17) is 25.9 Å². The van der Waals surface area contributed by atoms with Gasteiger partial charge in [0.2, 0.25) is 0 Å². The fourth-order valence-corrected chi connectivity index (χ4v) is 7.26. The van der Waals surface area contributed by atoms with Crippen molar-refractivity contribution < 1.29 is 4.42 Å². The quantitative estimate of drug-likeness (QED) is 0.172. The molecule has 0 aliphatic rings. The van der Waals surface area contributed by atoms with Gasteiger partial charge in [0.1, 0.15) is 11.2 Å². The van der Waals surface area contributed by atoms with Gasteiger partial charge >= 0.3 is 0 Å². The van der Waals surface area contributed by atoms with Crippen LogP contribution in [-0.4, -0.2) is 19.5 Å². The number of furan rings is 1. The minimum absolute atomic E-state index is 0.522. The van der Waals surface area contributed by atoms with Crippen LogP contribution in [0.3, 0.4) is 0 Å². The van der Waals surface area contributed by atoms with Crippen LogP contribution >= 0.6 is 0 Å². The summed E-state index contributed by atoms with van der Waals surface area (Å²) in [4.78, 5) is 18.3. The Bertz CT molecular complexity index is 3020. The summed E-state index contributed by atoms with van der Waals surface area (Å²) < 4.78 is 8.56. The molecule has 7 aromatic carbocycles. The number of hydrogen-bond acceptors (Lipinski definition) is 4. The number of aromatic nitrogens is 4. The highest BCUT2D eigenvalue weighted by molar-refractivity contribution is 6.14. The van der Waals surface area contributed by atoms with E-state index < -0.39 is 0 Å². The van der Waals surface area contributed by atoms with Gasteiger partial charge in [0, 0.05) is 43.9 Å². The number of nitrogens with zero attached hydrogens (tertiary/aromatic N) is 5. The van der Waals surface area contributed by atoms with Gasteiger partial charge in [-0.25, -0.2) is 19.8 Å². The van der Waals surface area contributed by atoms with Crippen molar-refractivity contribution in [3.05, 3.63) is 175 Å². The highest BCUT2D eigenvalue weighted by Crippen LogP contribution is 2.40. The molecule has 6 nitrogen and oxygen atoms in total. The molecule has 3 heterocycles. The van der Waals surface area contributed by atoms with Gasteiger partial charge in [0.05, 0.1) is 17.6 Å². The van der Waals surface area contributed by atoms with Gasteiger partial charge in [0.15, 0.2) is 23.2 Å². The topological polar surface area (TPSA) is 61.1 Å². The summed E-state index contributed by atoms with van der Waals surface area (Å²) in [6.07, 6.45) is 0. The normalized spacial score (nSPS) is 11.4. The number of hydrogen-bond donors (Lipinski definition) is 0. The molecule has 52 heavy (non-hydrogen) atoms. The molecular formula is C46H27N5O. The minimum Gasteiger partial charge on any atom is -0.456 e. The molecule has 10 aromatic rings. The zero-order valence-electron chi connectivity index (χ0n) is 27.7. The fourth-order valence-electron chi connectivity index (χ4n) is 7.26. The SMILES string of the molecule is [C-]#[N+]c1cccc(-c2nc(-c3ccccc3)nc(-c3ccc(-n4c5ccccc5c5ccc(-c6cccc7oc8ccccc8c67)cc54)cc3)n2)c1. The zero-order chi connectivity index (χ0) is 34.6. The molecule has 10 rings (SSSR count). The largest absolute Gasteiger partial charge is 0.456 e. The Kier molecular flexibility index (Phi) is 6.76. The van der Waals surface area contributed by atoms with Crippen LogP contribution in [0.15, 0.2) is 168 Å². The molecule has 0 bridgehead atoms. The minimum atomic E-state index is 0.522.